The molecule has 0 saturated carbocycles. The Kier molecular flexibility index (Phi) is 65.2. The van der Waals surface area contributed by atoms with Gasteiger partial charge in [0.15, 0.2) is 12.2 Å². The summed E-state index contributed by atoms with van der Waals surface area (Å²) in [6, 6.07) is 0. The number of aliphatic hydroxyl groups is 1. The highest BCUT2D eigenvalue weighted by molar-refractivity contribution is 7.47. The molecule has 0 spiro atoms. The van der Waals surface area contributed by atoms with Gasteiger partial charge in [-0.05, 0) is 25.7 Å². The Hall–Kier alpha value is -1.94. The zero-order chi connectivity index (χ0) is 66.8. The van der Waals surface area contributed by atoms with Crippen molar-refractivity contribution in [1.82, 2.24) is 0 Å². The molecule has 0 aromatic carbocycles. The van der Waals surface area contributed by atoms with Gasteiger partial charge in [0.05, 0.1) is 26.4 Å². The molecule has 19 heteroatoms. The van der Waals surface area contributed by atoms with Crippen LogP contribution in [0.5, 0.6) is 0 Å². The van der Waals surface area contributed by atoms with E-state index in [1.807, 2.05) is 0 Å². The standard InChI is InChI=1S/C72H140O17P2/c1-5-9-13-17-21-25-29-31-32-33-35-39-43-47-51-55-59-72(77)89-68(63-83-70(75)57-53-49-45-41-38-34-30-26-22-18-14-10-6-2)65-87-91(80,81)85-61-66(73)60-84-90(78,79)86-64-67(88-71(76)58-54-50-46-42-37-28-24-20-16-12-8-4)62-82-69(74)56-52-48-44-40-36-27-23-19-15-11-7-3/h66-68,73H,5-65H2,1-4H3,(H,78,79)(H,80,81)/t66-,67+,68+/m0/s1. The van der Waals surface area contributed by atoms with Crippen molar-refractivity contribution in [1.29, 1.82) is 0 Å². The van der Waals surface area contributed by atoms with E-state index < -0.39 is 97.5 Å². The molecule has 2 unspecified atom stereocenters. The number of phosphoric ester groups is 2. The van der Waals surface area contributed by atoms with Gasteiger partial charge in [0, 0.05) is 25.7 Å². The molecular weight excluding hydrogens is 1200 g/mol. The van der Waals surface area contributed by atoms with Gasteiger partial charge in [-0.1, -0.05) is 329 Å². The molecule has 0 aliphatic carbocycles. The van der Waals surface area contributed by atoms with Gasteiger partial charge < -0.3 is 33.8 Å². The van der Waals surface area contributed by atoms with Crippen LogP contribution in [-0.4, -0.2) is 96.7 Å². The zero-order valence-electron chi connectivity index (χ0n) is 58.8. The van der Waals surface area contributed by atoms with E-state index >= 15 is 0 Å². The maximum Gasteiger partial charge on any atom is 0.472 e. The van der Waals surface area contributed by atoms with Crippen LogP contribution in [0.15, 0.2) is 0 Å². The monoisotopic (exact) mass is 1340 g/mol. The van der Waals surface area contributed by atoms with E-state index in [4.69, 9.17) is 37.0 Å². The van der Waals surface area contributed by atoms with Gasteiger partial charge >= 0.3 is 39.5 Å². The lowest BCUT2D eigenvalue weighted by atomic mass is 10.0. The molecule has 0 radical (unpaired) electrons. The molecule has 0 aliphatic rings. The maximum absolute atomic E-state index is 13.0. The molecule has 91 heavy (non-hydrogen) atoms. The first-order valence-electron chi connectivity index (χ1n) is 37.8. The van der Waals surface area contributed by atoms with Crippen LogP contribution in [0.1, 0.15) is 381 Å². The number of unbranched alkanes of at least 4 members (excludes halogenated alkanes) is 47. The molecule has 0 bridgehead atoms. The minimum Gasteiger partial charge on any atom is -0.462 e. The summed E-state index contributed by atoms with van der Waals surface area (Å²) < 4.78 is 68.4. The number of hydrogen-bond acceptors (Lipinski definition) is 15. The van der Waals surface area contributed by atoms with E-state index in [0.717, 1.165) is 89.9 Å². The van der Waals surface area contributed by atoms with Gasteiger partial charge in [-0.15, -0.1) is 0 Å². The molecule has 0 rings (SSSR count). The van der Waals surface area contributed by atoms with Crippen LogP contribution >= 0.6 is 15.6 Å². The fourth-order valence-electron chi connectivity index (χ4n) is 11.0. The van der Waals surface area contributed by atoms with Crippen molar-refractivity contribution in [3.63, 3.8) is 0 Å². The van der Waals surface area contributed by atoms with Gasteiger partial charge in [0.25, 0.3) is 0 Å². The maximum atomic E-state index is 13.0. The number of carbonyl (C=O) groups is 4. The summed E-state index contributed by atoms with van der Waals surface area (Å²) in [5, 5.41) is 10.6. The highest BCUT2D eigenvalue weighted by atomic mass is 31.2. The van der Waals surface area contributed by atoms with Gasteiger partial charge in [-0.3, -0.25) is 37.3 Å². The lowest BCUT2D eigenvalue weighted by molar-refractivity contribution is -0.161. The average Bonchev–Trinajstić information content (AvgIpc) is 3.62. The second-order valence-electron chi connectivity index (χ2n) is 26.0. The van der Waals surface area contributed by atoms with Crippen LogP contribution < -0.4 is 0 Å². The first kappa shape index (κ1) is 89.1. The van der Waals surface area contributed by atoms with Crippen molar-refractivity contribution in [2.24, 2.45) is 0 Å². The van der Waals surface area contributed by atoms with E-state index in [1.54, 1.807) is 0 Å². The smallest absolute Gasteiger partial charge is 0.462 e. The third-order valence-corrected chi connectivity index (χ3v) is 18.8. The summed E-state index contributed by atoms with van der Waals surface area (Å²) in [5.41, 5.74) is 0. The lowest BCUT2D eigenvalue weighted by Gasteiger charge is -2.21. The number of ether oxygens (including phenoxy) is 4. The van der Waals surface area contributed by atoms with Crippen LogP contribution in [0.25, 0.3) is 0 Å². The fraction of sp³-hybridized carbons (Fsp3) is 0.944. The predicted molar refractivity (Wildman–Crippen MR) is 368 cm³/mol. The van der Waals surface area contributed by atoms with Crippen LogP contribution in [0, 0.1) is 0 Å². The highest BCUT2D eigenvalue weighted by Gasteiger charge is 2.30. The van der Waals surface area contributed by atoms with Crippen LogP contribution in [0.4, 0.5) is 0 Å². The number of esters is 4. The van der Waals surface area contributed by atoms with Crippen molar-refractivity contribution in [3.05, 3.63) is 0 Å². The zero-order valence-corrected chi connectivity index (χ0v) is 60.6. The largest absolute Gasteiger partial charge is 0.472 e. The SMILES string of the molecule is CCCCCCCCCCCCCCCCCCC(=O)O[C@H](COC(=O)CCCCCCCCCCCCCCC)COP(=O)(O)OC[C@@H](O)COP(=O)(O)OC[C@@H](COC(=O)CCCCCCCCCCCCC)OC(=O)CCCCCCCCCCCCC. The van der Waals surface area contributed by atoms with Crippen molar-refractivity contribution >= 4 is 39.5 Å². The van der Waals surface area contributed by atoms with E-state index in [2.05, 4.69) is 27.7 Å². The molecule has 17 nitrogen and oxygen atoms in total. The Morgan fingerprint density at radius 2 is 0.440 bits per heavy atom. The topological polar surface area (TPSA) is 237 Å². The first-order chi connectivity index (χ1) is 44.2. The third kappa shape index (κ3) is 66.5. The van der Waals surface area contributed by atoms with E-state index in [1.165, 1.54) is 212 Å². The van der Waals surface area contributed by atoms with Gasteiger partial charge in [0.2, 0.25) is 0 Å². The Bertz CT molecular complexity index is 1740. The number of aliphatic hydroxyl groups excluding tert-OH is 1. The summed E-state index contributed by atoms with van der Waals surface area (Å²) in [6.07, 6.45) is 55.2. The summed E-state index contributed by atoms with van der Waals surface area (Å²) in [7, 11) is -9.90. The molecular formula is C72H140O17P2. The van der Waals surface area contributed by atoms with E-state index in [-0.39, 0.29) is 25.7 Å². The fourth-order valence-corrected chi connectivity index (χ4v) is 12.6. The summed E-state index contributed by atoms with van der Waals surface area (Å²) >= 11 is 0. The quantitative estimate of drug-likeness (QED) is 0.0222. The van der Waals surface area contributed by atoms with Gasteiger partial charge in [-0.2, -0.15) is 0 Å². The molecule has 0 fully saturated rings. The Morgan fingerprint density at radius 3 is 0.648 bits per heavy atom. The molecule has 0 aliphatic heterocycles. The Balaban J connectivity index is 5.24. The van der Waals surface area contributed by atoms with Crippen molar-refractivity contribution in [3.8, 4) is 0 Å². The number of hydrogen-bond donors (Lipinski definition) is 3. The third-order valence-electron chi connectivity index (χ3n) is 16.9. The molecule has 5 atom stereocenters. The highest BCUT2D eigenvalue weighted by Crippen LogP contribution is 2.45. The van der Waals surface area contributed by atoms with Gasteiger partial charge in [-0.25, -0.2) is 9.13 Å². The van der Waals surface area contributed by atoms with Crippen molar-refractivity contribution in [2.75, 3.05) is 39.6 Å². The Labute approximate surface area is 556 Å². The second kappa shape index (κ2) is 66.7. The first-order valence-corrected chi connectivity index (χ1v) is 40.8. The van der Waals surface area contributed by atoms with Crippen molar-refractivity contribution < 1.29 is 80.2 Å². The minimum atomic E-state index is -4.95. The summed E-state index contributed by atoms with van der Waals surface area (Å²) in [5.74, 6) is -2.11. The molecule has 3 N–H and O–H groups in total. The van der Waals surface area contributed by atoms with Crippen molar-refractivity contribution in [2.45, 2.75) is 399 Å². The van der Waals surface area contributed by atoms with Crippen LogP contribution in [0.2, 0.25) is 0 Å². The molecule has 540 valence electrons. The molecule has 0 amide bonds. The Morgan fingerprint density at radius 1 is 0.264 bits per heavy atom. The second-order valence-corrected chi connectivity index (χ2v) is 28.9. The minimum absolute atomic E-state index is 0.108. The van der Waals surface area contributed by atoms with Gasteiger partial charge in [0.1, 0.15) is 19.3 Å². The predicted octanol–water partition coefficient (Wildman–Crippen LogP) is 21.1. The summed E-state index contributed by atoms with van der Waals surface area (Å²) in [4.78, 5) is 72.6. The van der Waals surface area contributed by atoms with E-state index in [0.29, 0.717) is 25.7 Å². The number of rotatable bonds is 73. The molecule has 0 aromatic heterocycles. The summed E-state index contributed by atoms with van der Waals surface area (Å²) in [6.45, 7) is 4.96. The normalized spacial score (nSPS) is 14.0. The number of carbonyl (C=O) groups excluding carboxylic acids is 4. The average molecular weight is 1340 g/mol. The van der Waals surface area contributed by atoms with Crippen LogP contribution in [-0.2, 0) is 65.4 Å². The van der Waals surface area contributed by atoms with Crippen LogP contribution in [0.3, 0.4) is 0 Å². The number of phosphoric acid groups is 2. The molecule has 0 heterocycles. The molecule has 0 saturated heterocycles. The van der Waals surface area contributed by atoms with E-state index in [9.17, 15) is 43.2 Å². The lowest BCUT2D eigenvalue weighted by Crippen LogP contribution is -2.30. The molecule has 0 aromatic rings.